The van der Waals surface area contributed by atoms with Crippen LogP contribution in [-0.4, -0.2) is 27.3 Å². The largest absolute Gasteiger partial charge is 0.483 e. The number of para-hydroxylation sites is 1. The van der Waals surface area contributed by atoms with Crippen LogP contribution in [0.1, 0.15) is 11.3 Å². The molecule has 0 aliphatic rings. The van der Waals surface area contributed by atoms with Gasteiger partial charge in [0, 0.05) is 13.2 Å². The Morgan fingerprint density at radius 2 is 2.19 bits per heavy atom. The van der Waals surface area contributed by atoms with E-state index in [9.17, 15) is 4.79 Å². The lowest BCUT2D eigenvalue weighted by atomic mass is 10.2. The van der Waals surface area contributed by atoms with Crippen molar-refractivity contribution < 1.29 is 9.53 Å². The number of rotatable bonds is 6. The van der Waals surface area contributed by atoms with Crippen LogP contribution in [0.4, 0.5) is 0 Å². The summed E-state index contributed by atoms with van der Waals surface area (Å²) in [5.41, 5.74) is 7.13. The molecule has 0 saturated carbocycles. The molecule has 0 aliphatic heterocycles. The zero-order chi connectivity index (χ0) is 15.2. The molecule has 0 atom stereocenters. The van der Waals surface area contributed by atoms with Crippen molar-refractivity contribution in [1.29, 1.82) is 0 Å². The number of hydrogen-bond acceptors (Lipinski definition) is 4. The molecule has 6 nitrogen and oxygen atoms in total. The molecule has 1 aromatic carbocycles. The number of hydrogen-bond donors (Lipinski definition) is 2. The summed E-state index contributed by atoms with van der Waals surface area (Å²) in [6.07, 6.45) is 1.68. The molecule has 0 unspecified atom stereocenters. The first-order valence-corrected chi connectivity index (χ1v) is 6.74. The van der Waals surface area contributed by atoms with Gasteiger partial charge in [0.25, 0.3) is 5.91 Å². The highest BCUT2D eigenvalue weighted by Crippen LogP contribution is 2.17. The Bertz CT molecular complexity index is 654. The Morgan fingerprint density at radius 3 is 2.86 bits per heavy atom. The van der Waals surface area contributed by atoms with Crippen molar-refractivity contribution in [3.05, 3.63) is 47.8 Å². The standard InChI is InChI=1S/C14H16N4O2S/c1-18-10(6-7-17-18)8-16-13(19)9-20-12-5-3-2-4-11(12)14(15)21/h2-7H,8-9H2,1H3,(H2,15,21)(H,16,19). The van der Waals surface area contributed by atoms with Gasteiger partial charge >= 0.3 is 0 Å². The Morgan fingerprint density at radius 1 is 1.43 bits per heavy atom. The molecule has 2 rings (SSSR count). The van der Waals surface area contributed by atoms with Crippen molar-refractivity contribution in [3.8, 4) is 5.75 Å². The molecule has 1 aromatic heterocycles. The molecule has 7 heteroatoms. The fourth-order valence-electron chi connectivity index (χ4n) is 1.75. The topological polar surface area (TPSA) is 82.2 Å². The number of aryl methyl sites for hydroxylation is 1. The maximum absolute atomic E-state index is 11.8. The van der Waals surface area contributed by atoms with Crippen LogP contribution in [0, 0.1) is 0 Å². The van der Waals surface area contributed by atoms with Gasteiger partial charge in [-0.15, -0.1) is 0 Å². The maximum Gasteiger partial charge on any atom is 0.258 e. The minimum atomic E-state index is -0.228. The van der Waals surface area contributed by atoms with E-state index in [0.29, 0.717) is 17.9 Å². The third-order valence-electron chi connectivity index (χ3n) is 2.90. The third-order valence-corrected chi connectivity index (χ3v) is 3.12. The van der Waals surface area contributed by atoms with Crippen LogP contribution < -0.4 is 15.8 Å². The lowest BCUT2D eigenvalue weighted by Crippen LogP contribution is -2.29. The van der Waals surface area contributed by atoms with Crippen LogP contribution in [0.25, 0.3) is 0 Å². The van der Waals surface area contributed by atoms with Gasteiger partial charge < -0.3 is 15.8 Å². The number of benzene rings is 1. The highest BCUT2D eigenvalue weighted by atomic mass is 32.1. The van der Waals surface area contributed by atoms with Crippen molar-refractivity contribution >= 4 is 23.1 Å². The van der Waals surface area contributed by atoms with E-state index in [-0.39, 0.29) is 17.5 Å². The van der Waals surface area contributed by atoms with Crippen LogP contribution in [0.2, 0.25) is 0 Å². The number of aromatic nitrogens is 2. The number of nitrogens with one attached hydrogen (secondary N) is 1. The monoisotopic (exact) mass is 304 g/mol. The van der Waals surface area contributed by atoms with Crippen LogP contribution >= 0.6 is 12.2 Å². The third kappa shape index (κ3) is 4.03. The molecule has 0 spiro atoms. The van der Waals surface area contributed by atoms with E-state index >= 15 is 0 Å². The van der Waals surface area contributed by atoms with E-state index < -0.39 is 0 Å². The summed E-state index contributed by atoms with van der Waals surface area (Å²) in [5.74, 6) is 0.273. The summed E-state index contributed by atoms with van der Waals surface area (Å²) in [6.45, 7) is 0.299. The van der Waals surface area contributed by atoms with Gasteiger partial charge in [0.15, 0.2) is 6.61 Å². The van der Waals surface area contributed by atoms with E-state index in [2.05, 4.69) is 10.4 Å². The summed E-state index contributed by atoms with van der Waals surface area (Å²) in [6, 6.07) is 8.92. The van der Waals surface area contributed by atoms with Crippen molar-refractivity contribution in [1.82, 2.24) is 15.1 Å². The molecule has 2 aromatic rings. The molecule has 1 amide bonds. The summed E-state index contributed by atoms with van der Waals surface area (Å²) in [7, 11) is 1.82. The molecule has 0 radical (unpaired) electrons. The number of nitrogens with zero attached hydrogens (tertiary/aromatic N) is 2. The lowest BCUT2D eigenvalue weighted by molar-refractivity contribution is -0.123. The fourth-order valence-corrected chi connectivity index (χ4v) is 1.92. The maximum atomic E-state index is 11.8. The van der Waals surface area contributed by atoms with Crippen LogP contribution in [0.3, 0.4) is 0 Å². The van der Waals surface area contributed by atoms with Gasteiger partial charge in [-0.2, -0.15) is 5.10 Å². The smallest absolute Gasteiger partial charge is 0.258 e. The number of nitrogens with two attached hydrogens (primary N) is 1. The minimum absolute atomic E-state index is 0.0997. The molecule has 0 bridgehead atoms. The van der Waals surface area contributed by atoms with Gasteiger partial charge in [-0.1, -0.05) is 24.4 Å². The van der Waals surface area contributed by atoms with Gasteiger partial charge in [0.1, 0.15) is 10.7 Å². The first-order valence-electron chi connectivity index (χ1n) is 6.33. The summed E-state index contributed by atoms with van der Waals surface area (Å²) < 4.78 is 7.16. The van der Waals surface area contributed by atoms with Crippen LogP contribution in [0.5, 0.6) is 5.75 Å². The molecule has 0 saturated heterocycles. The van der Waals surface area contributed by atoms with E-state index in [1.807, 2.05) is 19.2 Å². The molecule has 0 aliphatic carbocycles. The predicted octanol–water partition coefficient (Wildman–Crippen LogP) is 0.749. The van der Waals surface area contributed by atoms with Crippen molar-refractivity contribution in [2.24, 2.45) is 12.8 Å². The van der Waals surface area contributed by atoms with Crippen molar-refractivity contribution in [3.63, 3.8) is 0 Å². The molecule has 21 heavy (non-hydrogen) atoms. The molecule has 3 N–H and O–H groups in total. The average molecular weight is 304 g/mol. The van der Waals surface area contributed by atoms with E-state index in [1.54, 1.807) is 29.1 Å². The molecular formula is C14H16N4O2S. The normalized spacial score (nSPS) is 10.1. The number of thiocarbonyl (C=S) groups is 1. The van der Waals surface area contributed by atoms with Gasteiger partial charge in [-0.05, 0) is 18.2 Å². The second-order valence-electron chi connectivity index (χ2n) is 4.37. The molecule has 1 heterocycles. The van der Waals surface area contributed by atoms with Gasteiger partial charge in [0.05, 0.1) is 17.8 Å². The summed E-state index contributed by atoms with van der Waals surface area (Å²) in [4.78, 5) is 12.0. The van der Waals surface area contributed by atoms with E-state index in [0.717, 1.165) is 5.69 Å². The Balaban J connectivity index is 1.87. The second-order valence-corrected chi connectivity index (χ2v) is 4.81. The lowest BCUT2D eigenvalue weighted by Gasteiger charge is -2.10. The quantitative estimate of drug-likeness (QED) is 0.770. The average Bonchev–Trinajstić information content (AvgIpc) is 2.88. The van der Waals surface area contributed by atoms with Gasteiger partial charge in [0.2, 0.25) is 0 Å². The Kier molecular flexibility index (Phi) is 4.89. The summed E-state index contributed by atoms with van der Waals surface area (Å²) >= 11 is 4.94. The predicted molar refractivity (Wildman–Crippen MR) is 82.9 cm³/mol. The van der Waals surface area contributed by atoms with Gasteiger partial charge in [-0.25, -0.2) is 0 Å². The molecular weight excluding hydrogens is 288 g/mol. The van der Waals surface area contributed by atoms with Crippen molar-refractivity contribution in [2.75, 3.05) is 6.61 Å². The highest BCUT2D eigenvalue weighted by Gasteiger charge is 2.08. The fraction of sp³-hybridized carbons (Fsp3) is 0.214. The summed E-state index contributed by atoms with van der Waals surface area (Å²) in [5, 5.41) is 6.78. The number of carbonyl (C=O) groups excluding carboxylic acids is 1. The van der Waals surface area contributed by atoms with Crippen molar-refractivity contribution in [2.45, 2.75) is 6.54 Å². The zero-order valence-corrected chi connectivity index (χ0v) is 12.4. The second kappa shape index (κ2) is 6.85. The number of ether oxygens (including phenoxy) is 1. The number of amides is 1. The van der Waals surface area contributed by atoms with E-state index in [1.165, 1.54) is 0 Å². The Labute approximate surface area is 127 Å². The number of carbonyl (C=O) groups is 1. The van der Waals surface area contributed by atoms with E-state index in [4.69, 9.17) is 22.7 Å². The Hall–Kier alpha value is -2.41. The highest BCUT2D eigenvalue weighted by molar-refractivity contribution is 7.80. The molecule has 110 valence electrons. The SMILES string of the molecule is Cn1nccc1CNC(=O)COc1ccccc1C(N)=S. The molecule has 0 fully saturated rings. The van der Waals surface area contributed by atoms with Crippen LogP contribution in [-0.2, 0) is 18.4 Å². The zero-order valence-electron chi connectivity index (χ0n) is 11.6. The first-order chi connectivity index (χ1) is 10.1. The minimum Gasteiger partial charge on any atom is -0.483 e. The first kappa shape index (κ1) is 15.0. The van der Waals surface area contributed by atoms with Gasteiger partial charge in [-0.3, -0.25) is 9.48 Å². The van der Waals surface area contributed by atoms with Crippen LogP contribution in [0.15, 0.2) is 36.5 Å².